The molecule has 0 N–H and O–H groups in total. The molecule has 1 rings (SSSR count). The molecule has 1 aromatic rings. The standard InChI is InChI=1S/C12H11/c1-3-4-8-11(2)12-9-6-5-7-10-12/h2-10H,1H2/b8-4+,11-2?. The maximum atomic E-state index is 5.76. The second-order valence-corrected chi connectivity index (χ2v) is 2.42. The third-order valence-electron chi connectivity index (χ3n) is 1.52. The van der Waals surface area contributed by atoms with E-state index in [0.29, 0.717) is 0 Å². The van der Waals surface area contributed by atoms with Gasteiger partial charge in [0.15, 0.2) is 0 Å². The van der Waals surface area contributed by atoms with E-state index < -0.39 is 0 Å². The molecule has 1 aromatic carbocycles. The first-order valence-corrected chi connectivity index (χ1v) is 3.81. The van der Waals surface area contributed by atoms with E-state index in [1.54, 1.807) is 6.08 Å². The molecule has 0 amide bonds. The van der Waals surface area contributed by atoms with Crippen molar-refractivity contribution < 1.29 is 0 Å². The van der Waals surface area contributed by atoms with Crippen molar-refractivity contribution in [1.82, 2.24) is 0 Å². The molecule has 0 bridgehead atoms. The van der Waals surface area contributed by atoms with Gasteiger partial charge < -0.3 is 0 Å². The monoisotopic (exact) mass is 155 g/mol. The summed E-state index contributed by atoms with van der Waals surface area (Å²) in [6, 6.07) is 9.84. The third-order valence-corrected chi connectivity index (χ3v) is 1.52. The van der Waals surface area contributed by atoms with Crippen LogP contribution in [0.25, 0.3) is 5.57 Å². The summed E-state index contributed by atoms with van der Waals surface area (Å²) in [5.74, 6) is 0. The lowest BCUT2D eigenvalue weighted by atomic mass is 10.1. The molecule has 0 aromatic heterocycles. The zero-order chi connectivity index (χ0) is 8.81. The van der Waals surface area contributed by atoms with E-state index >= 15 is 0 Å². The van der Waals surface area contributed by atoms with Gasteiger partial charge in [-0.3, -0.25) is 0 Å². The number of rotatable bonds is 3. The van der Waals surface area contributed by atoms with Crippen molar-refractivity contribution in [1.29, 1.82) is 0 Å². The summed E-state index contributed by atoms with van der Waals surface area (Å²) in [5.41, 5.74) is 1.80. The molecule has 59 valence electrons. The molecule has 0 saturated heterocycles. The molecule has 0 heterocycles. The molecule has 0 aliphatic rings. The minimum atomic E-state index is 0.760. The van der Waals surface area contributed by atoms with Crippen LogP contribution in [0, 0.1) is 6.58 Å². The minimum Gasteiger partial charge on any atom is -0.0991 e. The van der Waals surface area contributed by atoms with Gasteiger partial charge in [-0.2, -0.15) is 0 Å². The Kier molecular flexibility index (Phi) is 3.09. The van der Waals surface area contributed by atoms with Gasteiger partial charge in [0.2, 0.25) is 0 Å². The summed E-state index contributed by atoms with van der Waals surface area (Å²) in [7, 11) is 0. The fourth-order valence-corrected chi connectivity index (χ4v) is 0.899. The first-order valence-electron chi connectivity index (χ1n) is 3.81. The van der Waals surface area contributed by atoms with Crippen LogP contribution in [0.2, 0.25) is 0 Å². The van der Waals surface area contributed by atoms with Gasteiger partial charge in [-0.1, -0.05) is 61.7 Å². The van der Waals surface area contributed by atoms with Crippen molar-refractivity contribution in [3.05, 3.63) is 67.3 Å². The third kappa shape index (κ3) is 2.24. The average Bonchev–Trinajstić information content (AvgIpc) is 2.15. The van der Waals surface area contributed by atoms with E-state index in [1.165, 1.54) is 0 Å². The first kappa shape index (κ1) is 8.54. The molecule has 0 unspecified atom stereocenters. The van der Waals surface area contributed by atoms with Crippen LogP contribution in [-0.4, -0.2) is 0 Å². The maximum Gasteiger partial charge on any atom is -0.0184 e. The highest BCUT2D eigenvalue weighted by Crippen LogP contribution is 2.11. The van der Waals surface area contributed by atoms with Crippen molar-refractivity contribution in [3.8, 4) is 0 Å². The molecule has 1 radical (unpaired) electrons. The summed E-state index contributed by atoms with van der Waals surface area (Å²) < 4.78 is 0. The molecule has 0 saturated carbocycles. The first-order chi connectivity index (χ1) is 5.84. The van der Waals surface area contributed by atoms with Gasteiger partial charge in [0.25, 0.3) is 0 Å². The second-order valence-electron chi connectivity index (χ2n) is 2.42. The van der Waals surface area contributed by atoms with E-state index in [4.69, 9.17) is 6.58 Å². The molecule has 0 atom stereocenters. The highest BCUT2D eigenvalue weighted by Gasteiger charge is 1.90. The zero-order valence-corrected chi connectivity index (χ0v) is 6.90. The van der Waals surface area contributed by atoms with Crippen molar-refractivity contribution in [3.63, 3.8) is 0 Å². The minimum absolute atomic E-state index is 0.760. The van der Waals surface area contributed by atoms with E-state index in [9.17, 15) is 0 Å². The van der Waals surface area contributed by atoms with E-state index in [-0.39, 0.29) is 0 Å². The van der Waals surface area contributed by atoms with Gasteiger partial charge in [-0.15, -0.1) is 0 Å². The van der Waals surface area contributed by atoms with Crippen LogP contribution in [-0.2, 0) is 0 Å². The molecule has 0 aliphatic carbocycles. The fraction of sp³-hybridized carbons (Fsp3) is 0. The SMILES string of the molecule is [CH]=C(/C=C/C=C)c1ccccc1. The lowest BCUT2D eigenvalue weighted by Crippen LogP contribution is -1.75. The molecule has 0 aliphatic heterocycles. The van der Waals surface area contributed by atoms with Gasteiger partial charge in [0.05, 0.1) is 0 Å². The van der Waals surface area contributed by atoms with Crippen LogP contribution in [0.1, 0.15) is 5.56 Å². The smallest absolute Gasteiger partial charge is 0.0184 e. The van der Waals surface area contributed by atoms with Crippen LogP contribution in [0.15, 0.2) is 55.1 Å². The molecular formula is C12H11. The van der Waals surface area contributed by atoms with Gasteiger partial charge in [-0.25, -0.2) is 0 Å². The predicted octanol–water partition coefficient (Wildman–Crippen LogP) is 3.25. The highest BCUT2D eigenvalue weighted by atomic mass is 13.9. The van der Waals surface area contributed by atoms with Crippen LogP contribution < -0.4 is 0 Å². The Balaban J connectivity index is 2.79. The van der Waals surface area contributed by atoms with Crippen LogP contribution >= 0.6 is 0 Å². The van der Waals surface area contributed by atoms with Gasteiger partial charge in [0.1, 0.15) is 0 Å². The van der Waals surface area contributed by atoms with Crippen LogP contribution in [0.4, 0.5) is 0 Å². The summed E-state index contributed by atoms with van der Waals surface area (Å²) >= 11 is 0. The molecule has 0 nitrogen and oxygen atoms in total. The van der Waals surface area contributed by atoms with E-state index in [0.717, 1.165) is 11.1 Å². The van der Waals surface area contributed by atoms with Gasteiger partial charge >= 0.3 is 0 Å². The Bertz CT molecular complexity index is 291. The van der Waals surface area contributed by atoms with Gasteiger partial charge in [-0.05, 0) is 11.1 Å². The Hall–Kier alpha value is -1.56. The number of allylic oxidation sites excluding steroid dienone is 4. The molecular weight excluding hydrogens is 144 g/mol. The normalized spacial score (nSPS) is 10.0. The van der Waals surface area contributed by atoms with Gasteiger partial charge in [0, 0.05) is 0 Å². The lowest BCUT2D eigenvalue weighted by molar-refractivity contribution is 1.63. The predicted molar refractivity (Wildman–Crippen MR) is 53.5 cm³/mol. The summed E-state index contributed by atoms with van der Waals surface area (Å²) in [4.78, 5) is 0. The second kappa shape index (κ2) is 4.35. The molecule has 0 fully saturated rings. The van der Waals surface area contributed by atoms with Crippen LogP contribution in [0.5, 0.6) is 0 Å². The lowest BCUT2D eigenvalue weighted by Gasteiger charge is -1.97. The number of hydrogen-bond donors (Lipinski definition) is 0. The maximum absolute atomic E-state index is 5.76. The van der Waals surface area contributed by atoms with Crippen LogP contribution in [0.3, 0.4) is 0 Å². The Morgan fingerprint density at radius 2 is 1.92 bits per heavy atom. The van der Waals surface area contributed by atoms with Crippen molar-refractivity contribution in [2.24, 2.45) is 0 Å². The zero-order valence-electron chi connectivity index (χ0n) is 6.90. The number of benzene rings is 1. The quantitative estimate of drug-likeness (QED) is 0.588. The Labute approximate surface area is 73.6 Å². The van der Waals surface area contributed by atoms with Crippen molar-refractivity contribution in [2.75, 3.05) is 0 Å². The van der Waals surface area contributed by atoms with Crippen molar-refractivity contribution in [2.45, 2.75) is 0 Å². The summed E-state index contributed by atoms with van der Waals surface area (Å²) in [5, 5.41) is 0. The fourth-order valence-electron chi connectivity index (χ4n) is 0.899. The highest BCUT2D eigenvalue weighted by molar-refractivity contribution is 5.70. The molecule has 12 heavy (non-hydrogen) atoms. The summed E-state index contributed by atoms with van der Waals surface area (Å²) in [6.45, 7) is 9.33. The number of hydrogen-bond acceptors (Lipinski definition) is 0. The largest absolute Gasteiger partial charge is 0.0991 e. The molecule has 0 spiro atoms. The Morgan fingerprint density at radius 1 is 1.25 bits per heavy atom. The van der Waals surface area contributed by atoms with Crippen molar-refractivity contribution >= 4 is 5.57 Å². The topological polar surface area (TPSA) is 0 Å². The van der Waals surface area contributed by atoms with E-state index in [2.05, 4.69) is 6.58 Å². The van der Waals surface area contributed by atoms with E-state index in [1.807, 2.05) is 42.5 Å². The average molecular weight is 155 g/mol. The molecule has 0 heteroatoms. The summed E-state index contributed by atoms with van der Waals surface area (Å²) in [6.07, 6.45) is 5.36. The Morgan fingerprint density at radius 3 is 2.50 bits per heavy atom.